The van der Waals surface area contributed by atoms with E-state index in [0.717, 1.165) is 17.9 Å². The summed E-state index contributed by atoms with van der Waals surface area (Å²) < 4.78 is 5.84. The van der Waals surface area contributed by atoms with Crippen LogP contribution in [-0.2, 0) is 0 Å². The topological polar surface area (TPSA) is 34.1 Å². The number of nitrogens with zero attached hydrogens (tertiary/aromatic N) is 1. The Morgan fingerprint density at radius 2 is 2.20 bits per heavy atom. The van der Waals surface area contributed by atoms with Gasteiger partial charge in [0.25, 0.3) is 0 Å². The molecule has 0 aliphatic rings. The van der Waals surface area contributed by atoms with Gasteiger partial charge < -0.3 is 10.1 Å². The third-order valence-electron chi connectivity index (χ3n) is 3.12. The summed E-state index contributed by atoms with van der Waals surface area (Å²) >= 11 is 5.96. The number of halogens is 1. The molecular formula is C16H19ClN2O. The summed E-state index contributed by atoms with van der Waals surface area (Å²) in [5.74, 6) is 0.780. The van der Waals surface area contributed by atoms with Crippen molar-refractivity contribution < 1.29 is 4.74 Å². The van der Waals surface area contributed by atoms with E-state index in [-0.39, 0.29) is 6.04 Å². The molecule has 0 aliphatic carbocycles. The normalized spacial score (nSPS) is 12.2. The van der Waals surface area contributed by atoms with Crippen LogP contribution in [0.5, 0.6) is 5.75 Å². The monoisotopic (exact) mass is 290 g/mol. The average molecular weight is 291 g/mol. The molecule has 1 unspecified atom stereocenters. The summed E-state index contributed by atoms with van der Waals surface area (Å²) in [5, 5.41) is 4.11. The Hall–Kier alpha value is -1.58. The predicted octanol–water partition coefficient (Wildman–Crippen LogP) is 3.77. The number of aromatic nitrogens is 1. The number of benzene rings is 1. The highest BCUT2D eigenvalue weighted by molar-refractivity contribution is 6.30. The van der Waals surface area contributed by atoms with Crippen molar-refractivity contribution in [1.82, 2.24) is 10.3 Å². The Balaban J connectivity index is 2.08. The Morgan fingerprint density at radius 1 is 1.35 bits per heavy atom. The third-order valence-corrected chi connectivity index (χ3v) is 3.35. The fraction of sp³-hybridized carbons (Fsp3) is 0.312. The van der Waals surface area contributed by atoms with Crippen LogP contribution in [-0.4, -0.2) is 18.1 Å². The molecule has 4 heteroatoms. The second kappa shape index (κ2) is 7.27. The maximum absolute atomic E-state index is 5.96. The molecule has 106 valence electrons. The molecule has 0 fully saturated rings. The average Bonchev–Trinajstić information content (AvgIpc) is 2.44. The molecule has 2 aromatic rings. The van der Waals surface area contributed by atoms with Crippen LogP contribution in [0.2, 0.25) is 5.02 Å². The zero-order chi connectivity index (χ0) is 14.4. The number of hydrogen-bond acceptors (Lipinski definition) is 3. The van der Waals surface area contributed by atoms with E-state index in [9.17, 15) is 0 Å². The van der Waals surface area contributed by atoms with Crippen LogP contribution < -0.4 is 10.1 Å². The summed E-state index contributed by atoms with van der Waals surface area (Å²) in [4.78, 5) is 4.20. The molecule has 0 spiro atoms. The Morgan fingerprint density at radius 3 is 2.90 bits per heavy atom. The van der Waals surface area contributed by atoms with E-state index in [2.05, 4.69) is 24.1 Å². The van der Waals surface area contributed by atoms with Crippen molar-refractivity contribution in [1.29, 1.82) is 0 Å². The quantitative estimate of drug-likeness (QED) is 0.879. The van der Waals surface area contributed by atoms with E-state index >= 15 is 0 Å². The molecule has 0 bridgehead atoms. The lowest BCUT2D eigenvalue weighted by Crippen LogP contribution is -2.27. The Labute approximate surface area is 124 Å². The van der Waals surface area contributed by atoms with Gasteiger partial charge >= 0.3 is 0 Å². The third kappa shape index (κ3) is 3.95. The number of rotatable bonds is 6. The highest BCUT2D eigenvalue weighted by atomic mass is 35.5. The first-order chi connectivity index (χ1) is 9.70. The van der Waals surface area contributed by atoms with Gasteiger partial charge in [0, 0.05) is 17.4 Å². The summed E-state index contributed by atoms with van der Waals surface area (Å²) in [5.41, 5.74) is 2.37. The van der Waals surface area contributed by atoms with Gasteiger partial charge in [0.15, 0.2) is 0 Å². The molecule has 3 nitrogen and oxygen atoms in total. The van der Waals surface area contributed by atoms with Gasteiger partial charge in [-0.1, -0.05) is 24.6 Å². The smallest absolute Gasteiger partial charge is 0.120 e. The molecule has 2 rings (SSSR count). The Bertz CT molecular complexity index is 560. The first kappa shape index (κ1) is 14.8. The van der Waals surface area contributed by atoms with Gasteiger partial charge in [-0.3, -0.25) is 4.98 Å². The second-order valence-corrected chi connectivity index (χ2v) is 5.05. The predicted molar refractivity (Wildman–Crippen MR) is 82.3 cm³/mol. The standard InChI is InChI=1S/C16H19ClN2O/c1-3-19-16(15-10-18-8-7-12(15)2)11-20-14-6-4-5-13(17)9-14/h4-10,16,19H,3,11H2,1-2H3. The van der Waals surface area contributed by atoms with Crippen LogP contribution in [0.1, 0.15) is 24.1 Å². The van der Waals surface area contributed by atoms with E-state index in [0.29, 0.717) is 11.6 Å². The van der Waals surface area contributed by atoms with Crippen molar-refractivity contribution in [3.05, 3.63) is 58.9 Å². The minimum Gasteiger partial charge on any atom is -0.492 e. The molecule has 0 radical (unpaired) electrons. The summed E-state index contributed by atoms with van der Waals surface area (Å²) in [6.45, 7) is 5.58. The van der Waals surface area contributed by atoms with Gasteiger partial charge in [-0.25, -0.2) is 0 Å². The summed E-state index contributed by atoms with van der Waals surface area (Å²) in [7, 11) is 0. The fourth-order valence-electron chi connectivity index (χ4n) is 2.08. The molecule has 1 aromatic heterocycles. The summed E-state index contributed by atoms with van der Waals surface area (Å²) in [6, 6.07) is 9.58. The van der Waals surface area contributed by atoms with E-state index in [1.165, 1.54) is 5.56 Å². The van der Waals surface area contributed by atoms with Crippen molar-refractivity contribution in [3.63, 3.8) is 0 Å². The minimum atomic E-state index is 0.118. The number of hydrogen-bond donors (Lipinski definition) is 1. The van der Waals surface area contributed by atoms with E-state index in [1.54, 1.807) is 6.20 Å². The molecule has 1 atom stereocenters. The lowest BCUT2D eigenvalue weighted by atomic mass is 10.0. The molecule has 0 amide bonds. The van der Waals surface area contributed by atoms with Crippen molar-refractivity contribution in [2.45, 2.75) is 19.9 Å². The van der Waals surface area contributed by atoms with Gasteiger partial charge in [0.2, 0.25) is 0 Å². The largest absolute Gasteiger partial charge is 0.492 e. The second-order valence-electron chi connectivity index (χ2n) is 4.61. The zero-order valence-corrected chi connectivity index (χ0v) is 12.5. The van der Waals surface area contributed by atoms with Gasteiger partial charge in [-0.15, -0.1) is 0 Å². The van der Waals surface area contributed by atoms with Gasteiger partial charge in [-0.2, -0.15) is 0 Å². The first-order valence-electron chi connectivity index (χ1n) is 6.73. The van der Waals surface area contributed by atoms with E-state index in [1.807, 2.05) is 36.5 Å². The van der Waals surface area contributed by atoms with Gasteiger partial charge in [-0.05, 0) is 48.9 Å². The highest BCUT2D eigenvalue weighted by Gasteiger charge is 2.13. The number of aryl methyl sites for hydroxylation is 1. The fourth-order valence-corrected chi connectivity index (χ4v) is 2.26. The number of ether oxygens (including phenoxy) is 1. The van der Waals surface area contributed by atoms with Crippen LogP contribution in [0, 0.1) is 6.92 Å². The van der Waals surface area contributed by atoms with Crippen molar-refractivity contribution in [3.8, 4) is 5.75 Å². The van der Waals surface area contributed by atoms with Crippen LogP contribution in [0.25, 0.3) is 0 Å². The maximum atomic E-state index is 5.96. The molecule has 0 saturated carbocycles. The first-order valence-corrected chi connectivity index (χ1v) is 7.10. The van der Waals surface area contributed by atoms with Crippen LogP contribution >= 0.6 is 11.6 Å². The maximum Gasteiger partial charge on any atom is 0.120 e. The van der Waals surface area contributed by atoms with Crippen molar-refractivity contribution >= 4 is 11.6 Å². The molecule has 1 heterocycles. The Kier molecular flexibility index (Phi) is 5.39. The number of likely N-dealkylation sites (N-methyl/N-ethyl adjacent to an activating group) is 1. The SMILES string of the molecule is CCNC(COc1cccc(Cl)c1)c1cnccc1C. The zero-order valence-electron chi connectivity index (χ0n) is 11.8. The van der Waals surface area contributed by atoms with E-state index in [4.69, 9.17) is 16.3 Å². The molecule has 0 saturated heterocycles. The molecular weight excluding hydrogens is 272 g/mol. The van der Waals surface area contributed by atoms with E-state index < -0.39 is 0 Å². The number of nitrogens with one attached hydrogen (secondary N) is 1. The number of pyridine rings is 1. The minimum absolute atomic E-state index is 0.118. The molecule has 20 heavy (non-hydrogen) atoms. The molecule has 0 aliphatic heterocycles. The van der Waals surface area contributed by atoms with Gasteiger partial charge in [0.1, 0.15) is 12.4 Å². The van der Waals surface area contributed by atoms with Crippen LogP contribution in [0.15, 0.2) is 42.7 Å². The van der Waals surface area contributed by atoms with Crippen LogP contribution in [0.3, 0.4) is 0 Å². The highest BCUT2D eigenvalue weighted by Crippen LogP contribution is 2.21. The van der Waals surface area contributed by atoms with Gasteiger partial charge in [0.05, 0.1) is 6.04 Å². The molecule has 1 aromatic carbocycles. The lowest BCUT2D eigenvalue weighted by Gasteiger charge is -2.20. The summed E-state index contributed by atoms with van der Waals surface area (Å²) in [6.07, 6.45) is 3.70. The van der Waals surface area contributed by atoms with Crippen LogP contribution in [0.4, 0.5) is 0 Å². The lowest BCUT2D eigenvalue weighted by molar-refractivity contribution is 0.267. The van der Waals surface area contributed by atoms with Crippen molar-refractivity contribution in [2.24, 2.45) is 0 Å². The van der Waals surface area contributed by atoms with Crippen molar-refractivity contribution in [2.75, 3.05) is 13.2 Å². The molecule has 1 N–H and O–H groups in total.